The number of ether oxygens (including phenoxy) is 2. The minimum atomic E-state index is -0.177. The van der Waals surface area contributed by atoms with Crippen LogP contribution in [-0.2, 0) is 14.3 Å². The lowest BCUT2D eigenvalue weighted by atomic mass is 9.59. The molecule has 5 nitrogen and oxygen atoms in total. The van der Waals surface area contributed by atoms with Gasteiger partial charge in [-0.2, -0.15) is 0 Å². The molecule has 0 radical (unpaired) electrons. The largest absolute Gasteiger partial charge is 0.380 e. The van der Waals surface area contributed by atoms with Crippen LogP contribution in [0.15, 0.2) is 0 Å². The van der Waals surface area contributed by atoms with Crippen LogP contribution in [0.3, 0.4) is 0 Å². The lowest BCUT2D eigenvalue weighted by molar-refractivity contribution is -0.177. The molecule has 2 saturated carbocycles. The number of hydrogen-bond acceptors (Lipinski definition) is 4. The minimum absolute atomic E-state index is 0. The Balaban J connectivity index is 0.00000288. The van der Waals surface area contributed by atoms with E-state index in [1.807, 2.05) is 0 Å². The molecule has 24 heavy (non-hydrogen) atoms. The highest BCUT2D eigenvalue weighted by molar-refractivity contribution is 5.85. The number of halogens is 1. The van der Waals surface area contributed by atoms with Crippen molar-refractivity contribution in [3.8, 4) is 0 Å². The quantitative estimate of drug-likeness (QED) is 0.685. The second-order valence-corrected chi connectivity index (χ2v) is 7.02. The van der Waals surface area contributed by atoms with Crippen LogP contribution >= 0.6 is 12.4 Å². The SMILES string of the molecule is CCCN(C(=O)CC(CN)OC)C1CC(OCC)C12CCCC2.Cl. The van der Waals surface area contributed by atoms with E-state index in [0.29, 0.717) is 25.1 Å². The van der Waals surface area contributed by atoms with Gasteiger partial charge in [0.1, 0.15) is 0 Å². The number of carbonyl (C=O) groups excluding carboxylic acids is 1. The predicted molar refractivity (Wildman–Crippen MR) is 98.4 cm³/mol. The van der Waals surface area contributed by atoms with E-state index in [2.05, 4.69) is 18.7 Å². The average Bonchev–Trinajstić information content (AvgIpc) is 3.07. The topological polar surface area (TPSA) is 64.8 Å². The Morgan fingerprint density at radius 2 is 2.00 bits per heavy atom. The molecule has 142 valence electrons. The molecule has 2 aliphatic rings. The summed E-state index contributed by atoms with van der Waals surface area (Å²) >= 11 is 0. The molecule has 0 bridgehead atoms. The number of rotatable bonds is 9. The van der Waals surface area contributed by atoms with Crippen LogP contribution in [0, 0.1) is 5.41 Å². The molecule has 2 aliphatic carbocycles. The summed E-state index contributed by atoms with van der Waals surface area (Å²) in [6.07, 6.45) is 7.43. The second-order valence-electron chi connectivity index (χ2n) is 7.02. The molecule has 3 unspecified atom stereocenters. The van der Waals surface area contributed by atoms with Gasteiger partial charge < -0.3 is 20.1 Å². The highest BCUT2D eigenvalue weighted by Gasteiger charge is 2.59. The summed E-state index contributed by atoms with van der Waals surface area (Å²) < 4.78 is 11.3. The van der Waals surface area contributed by atoms with E-state index in [0.717, 1.165) is 26.0 Å². The van der Waals surface area contributed by atoms with Gasteiger partial charge >= 0.3 is 0 Å². The fourth-order valence-electron chi connectivity index (χ4n) is 4.56. The standard InChI is InChI=1S/C18H34N2O3.ClH/c1-4-10-20(17(21)11-14(13-19)22-3)15-12-16(23-5-2)18(15)8-6-7-9-18;/h14-16H,4-13,19H2,1-3H3;1H. The van der Waals surface area contributed by atoms with Crippen molar-refractivity contribution < 1.29 is 14.3 Å². The number of amides is 1. The Hall–Kier alpha value is -0.360. The van der Waals surface area contributed by atoms with Crippen molar-refractivity contribution in [2.24, 2.45) is 11.1 Å². The highest BCUT2D eigenvalue weighted by Crippen LogP contribution is 2.56. The van der Waals surface area contributed by atoms with Crippen molar-refractivity contribution in [2.45, 2.75) is 77.0 Å². The number of methoxy groups -OCH3 is 1. The van der Waals surface area contributed by atoms with Crippen molar-refractivity contribution in [3.63, 3.8) is 0 Å². The maximum Gasteiger partial charge on any atom is 0.225 e. The predicted octanol–water partition coefficient (Wildman–Crippen LogP) is 2.75. The third kappa shape index (κ3) is 4.24. The summed E-state index contributed by atoms with van der Waals surface area (Å²) in [5.41, 5.74) is 5.89. The normalized spacial score (nSPS) is 25.8. The van der Waals surface area contributed by atoms with Crippen LogP contribution < -0.4 is 5.73 Å². The van der Waals surface area contributed by atoms with Crippen LogP contribution in [-0.4, -0.2) is 55.9 Å². The Bertz CT molecular complexity index is 384. The van der Waals surface area contributed by atoms with E-state index >= 15 is 0 Å². The number of carbonyl (C=O) groups is 1. The van der Waals surface area contributed by atoms with Gasteiger partial charge in [-0.15, -0.1) is 12.4 Å². The molecule has 1 amide bonds. The van der Waals surface area contributed by atoms with Gasteiger partial charge in [0.25, 0.3) is 0 Å². The van der Waals surface area contributed by atoms with Crippen molar-refractivity contribution in [1.29, 1.82) is 0 Å². The summed E-state index contributed by atoms with van der Waals surface area (Å²) in [5.74, 6) is 0.190. The molecular formula is C18H35ClN2O3. The molecule has 0 aromatic heterocycles. The first-order chi connectivity index (χ1) is 11.1. The van der Waals surface area contributed by atoms with Crippen LogP contribution in [0.5, 0.6) is 0 Å². The first kappa shape index (κ1) is 21.7. The Labute approximate surface area is 153 Å². The Kier molecular flexibility index (Phi) is 8.99. The summed E-state index contributed by atoms with van der Waals surface area (Å²) in [6, 6.07) is 0.337. The van der Waals surface area contributed by atoms with E-state index in [9.17, 15) is 4.79 Å². The zero-order chi connectivity index (χ0) is 16.9. The monoisotopic (exact) mass is 362 g/mol. The molecule has 0 aromatic rings. The number of nitrogens with zero attached hydrogens (tertiary/aromatic N) is 1. The molecule has 3 atom stereocenters. The van der Waals surface area contributed by atoms with Crippen LogP contribution in [0.2, 0.25) is 0 Å². The van der Waals surface area contributed by atoms with Gasteiger partial charge in [0.15, 0.2) is 0 Å². The molecular weight excluding hydrogens is 328 g/mol. The third-order valence-corrected chi connectivity index (χ3v) is 5.80. The minimum Gasteiger partial charge on any atom is -0.380 e. The van der Waals surface area contributed by atoms with Gasteiger partial charge in [-0.1, -0.05) is 19.8 Å². The molecule has 2 fully saturated rings. The van der Waals surface area contributed by atoms with Gasteiger partial charge in [0.05, 0.1) is 18.6 Å². The number of nitrogens with two attached hydrogens (primary N) is 1. The highest BCUT2D eigenvalue weighted by atomic mass is 35.5. The van der Waals surface area contributed by atoms with Crippen LogP contribution in [0.25, 0.3) is 0 Å². The van der Waals surface area contributed by atoms with Crippen LogP contribution in [0.1, 0.15) is 58.8 Å². The van der Waals surface area contributed by atoms with Gasteiger partial charge in [-0.25, -0.2) is 0 Å². The summed E-state index contributed by atoms with van der Waals surface area (Å²) in [7, 11) is 1.63. The molecule has 1 spiro atoms. The van der Waals surface area contributed by atoms with E-state index in [4.69, 9.17) is 15.2 Å². The molecule has 0 heterocycles. The zero-order valence-electron chi connectivity index (χ0n) is 15.5. The van der Waals surface area contributed by atoms with Crippen molar-refractivity contribution in [2.75, 3.05) is 26.8 Å². The molecule has 0 aromatic carbocycles. The molecule has 2 rings (SSSR count). The first-order valence-corrected chi connectivity index (χ1v) is 9.26. The third-order valence-electron chi connectivity index (χ3n) is 5.80. The van der Waals surface area contributed by atoms with Crippen molar-refractivity contribution in [1.82, 2.24) is 4.90 Å². The molecule has 6 heteroatoms. The van der Waals surface area contributed by atoms with E-state index in [1.54, 1.807) is 7.11 Å². The van der Waals surface area contributed by atoms with Gasteiger partial charge in [0.2, 0.25) is 5.91 Å². The average molecular weight is 363 g/mol. The summed E-state index contributed by atoms with van der Waals surface area (Å²) in [4.78, 5) is 15.0. The lowest BCUT2D eigenvalue weighted by Crippen LogP contribution is -2.65. The summed E-state index contributed by atoms with van der Waals surface area (Å²) in [5, 5.41) is 0. The zero-order valence-corrected chi connectivity index (χ0v) is 16.3. The first-order valence-electron chi connectivity index (χ1n) is 9.26. The number of hydrogen-bond donors (Lipinski definition) is 1. The lowest BCUT2D eigenvalue weighted by Gasteiger charge is -2.57. The Morgan fingerprint density at radius 1 is 1.33 bits per heavy atom. The van der Waals surface area contributed by atoms with E-state index < -0.39 is 0 Å². The fourth-order valence-corrected chi connectivity index (χ4v) is 4.56. The van der Waals surface area contributed by atoms with Crippen molar-refractivity contribution >= 4 is 18.3 Å². The maximum atomic E-state index is 12.8. The second kappa shape index (κ2) is 9.95. The molecule has 0 aliphatic heterocycles. The fraction of sp³-hybridized carbons (Fsp3) is 0.944. The molecule has 2 N–H and O–H groups in total. The Morgan fingerprint density at radius 3 is 2.50 bits per heavy atom. The van der Waals surface area contributed by atoms with Crippen molar-refractivity contribution in [3.05, 3.63) is 0 Å². The summed E-state index contributed by atoms with van der Waals surface area (Å²) in [6.45, 7) is 6.18. The molecule has 0 saturated heterocycles. The van der Waals surface area contributed by atoms with Gasteiger partial charge in [-0.3, -0.25) is 4.79 Å². The van der Waals surface area contributed by atoms with E-state index in [1.165, 1.54) is 25.7 Å². The smallest absolute Gasteiger partial charge is 0.225 e. The maximum absolute atomic E-state index is 12.8. The van der Waals surface area contributed by atoms with Gasteiger partial charge in [0, 0.05) is 38.3 Å². The van der Waals surface area contributed by atoms with Gasteiger partial charge in [-0.05, 0) is 32.6 Å². The van der Waals surface area contributed by atoms with E-state index in [-0.39, 0.29) is 29.8 Å². The van der Waals surface area contributed by atoms with Crippen LogP contribution in [0.4, 0.5) is 0 Å².